The van der Waals surface area contributed by atoms with Crippen molar-refractivity contribution in [1.29, 1.82) is 0 Å². The van der Waals surface area contributed by atoms with E-state index in [-0.39, 0.29) is 0 Å². The predicted molar refractivity (Wildman–Crippen MR) is 79.2 cm³/mol. The number of rotatable bonds is 4. The number of aromatic nitrogens is 1. The van der Waals surface area contributed by atoms with Crippen LogP contribution in [0.5, 0.6) is 5.75 Å². The second kappa shape index (κ2) is 5.52. The van der Waals surface area contributed by atoms with Gasteiger partial charge in [0.05, 0.1) is 18.3 Å². The lowest BCUT2D eigenvalue weighted by molar-refractivity contribution is -0.174. The third kappa shape index (κ3) is 3.17. The molecule has 0 bridgehead atoms. The molecule has 0 saturated heterocycles. The van der Waals surface area contributed by atoms with Crippen LogP contribution in [-0.4, -0.2) is 24.2 Å². The number of hydrogen-bond donors (Lipinski definition) is 1. The molecule has 0 spiro atoms. The maximum absolute atomic E-state index is 12.4. The molecule has 8 heteroatoms. The molecule has 1 N–H and O–H groups in total. The van der Waals surface area contributed by atoms with Gasteiger partial charge in [-0.25, -0.2) is 4.98 Å². The van der Waals surface area contributed by atoms with E-state index in [1.807, 2.05) is 12.1 Å². The van der Waals surface area contributed by atoms with Crippen LogP contribution >= 0.6 is 11.3 Å². The molecule has 1 saturated carbocycles. The first-order valence-electron chi connectivity index (χ1n) is 6.84. The molecule has 1 fully saturated rings. The summed E-state index contributed by atoms with van der Waals surface area (Å²) in [5, 5.41) is 4.45. The van der Waals surface area contributed by atoms with E-state index >= 15 is 0 Å². The maximum atomic E-state index is 12.4. The Balaban J connectivity index is 1.80. The SMILES string of the molecule is COc1ccc(-c2nc(C3(NC(=O)C(F)(F)F)CC3)cs2)cc1. The van der Waals surface area contributed by atoms with E-state index in [2.05, 4.69) is 10.3 Å². The smallest absolute Gasteiger partial charge is 0.471 e. The van der Waals surface area contributed by atoms with Crippen molar-refractivity contribution in [2.75, 3.05) is 7.11 Å². The van der Waals surface area contributed by atoms with E-state index in [9.17, 15) is 18.0 Å². The van der Waals surface area contributed by atoms with Crippen LogP contribution in [0.4, 0.5) is 13.2 Å². The molecule has 3 rings (SSSR count). The summed E-state index contributed by atoms with van der Waals surface area (Å²) in [6, 6.07) is 7.23. The highest BCUT2D eigenvalue weighted by molar-refractivity contribution is 7.13. The second-order valence-corrected chi connectivity index (χ2v) is 6.16. The first-order chi connectivity index (χ1) is 10.8. The van der Waals surface area contributed by atoms with E-state index in [1.54, 1.807) is 24.6 Å². The highest BCUT2D eigenvalue weighted by Gasteiger charge is 2.52. The van der Waals surface area contributed by atoms with Crippen LogP contribution in [-0.2, 0) is 10.3 Å². The molecule has 0 atom stereocenters. The Kier molecular flexibility index (Phi) is 3.79. The molecule has 1 heterocycles. The zero-order chi connectivity index (χ0) is 16.7. The van der Waals surface area contributed by atoms with Crippen molar-refractivity contribution in [1.82, 2.24) is 10.3 Å². The average Bonchev–Trinajstić information content (AvgIpc) is 3.12. The van der Waals surface area contributed by atoms with Gasteiger partial charge in [-0.1, -0.05) is 0 Å². The molecule has 0 radical (unpaired) electrons. The Morgan fingerprint density at radius 2 is 1.96 bits per heavy atom. The fourth-order valence-corrected chi connectivity index (χ4v) is 3.14. The van der Waals surface area contributed by atoms with Gasteiger partial charge < -0.3 is 10.1 Å². The van der Waals surface area contributed by atoms with Crippen molar-refractivity contribution >= 4 is 17.2 Å². The van der Waals surface area contributed by atoms with E-state index in [0.29, 0.717) is 29.3 Å². The minimum absolute atomic E-state index is 0.459. The zero-order valence-electron chi connectivity index (χ0n) is 12.1. The number of amides is 1. The minimum atomic E-state index is -4.88. The molecule has 1 aliphatic carbocycles. The minimum Gasteiger partial charge on any atom is -0.497 e. The molecule has 1 aliphatic rings. The van der Waals surface area contributed by atoms with Crippen LogP contribution in [0.2, 0.25) is 0 Å². The van der Waals surface area contributed by atoms with E-state index in [1.165, 1.54) is 11.3 Å². The Morgan fingerprint density at radius 3 is 2.48 bits per heavy atom. The second-order valence-electron chi connectivity index (χ2n) is 5.30. The molecule has 1 aromatic carbocycles. The van der Waals surface area contributed by atoms with E-state index in [4.69, 9.17) is 4.74 Å². The molecule has 0 aliphatic heterocycles. The molecule has 2 aromatic rings. The molecule has 0 unspecified atom stereocenters. The third-order valence-corrected chi connectivity index (χ3v) is 4.58. The number of nitrogens with zero attached hydrogens (tertiary/aromatic N) is 1. The van der Waals surface area contributed by atoms with Gasteiger partial charge in [0.2, 0.25) is 0 Å². The van der Waals surface area contributed by atoms with Crippen molar-refractivity contribution in [2.24, 2.45) is 0 Å². The predicted octanol–water partition coefficient (Wildman–Crippen LogP) is 3.49. The number of halogens is 3. The van der Waals surface area contributed by atoms with Crippen LogP contribution in [0, 0.1) is 0 Å². The van der Waals surface area contributed by atoms with Crippen LogP contribution in [0.15, 0.2) is 29.6 Å². The summed E-state index contributed by atoms with van der Waals surface area (Å²) < 4.78 is 42.3. The molecule has 4 nitrogen and oxygen atoms in total. The number of nitrogens with one attached hydrogen (secondary N) is 1. The summed E-state index contributed by atoms with van der Waals surface area (Å²) >= 11 is 1.33. The molecular weight excluding hydrogens is 329 g/mol. The van der Waals surface area contributed by atoms with Crippen LogP contribution in [0.1, 0.15) is 18.5 Å². The number of carbonyl (C=O) groups is 1. The summed E-state index contributed by atoms with van der Waals surface area (Å²) in [6.07, 6.45) is -3.97. The van der Waals surface area contributed by atoms with Gasteiger partial charge in [-0.2, -0.15) is 13.2 Å². The summed E-state index contributed by atoms with van der Waals surface area (Å²) in [7, 11) is 1.57. The van der Waals surface area contributed by atoms with Crippen LogP contribution in [0.25, 0.3) is 10.6 Å². The summed E-state index contributed by atoms with van der Waals surface area (Å²) in [5.41, 5.74) is 0.347. The summed E-state index contributed by atoms with van der Waals surface area (Å²) in [4.78, 5) is 15.6. The quantitative estimate of drug-likeness (QED) is 0.925. The summed E-state index contributed by atoms with van der Waals surface area (Å²) in [6.45, 7) is 0. The van der Waals surface area contributed by atoms with Gasteiger partial charge in [0, 0.05) is 10.9 Å². The molecule has 122 valence electrons. The fraction of sp³-hybridized carbons (Fsp3) is 0.333. The number of ether oxygens (including phenoxy) is 1. The van der Waals surface area contributed by atoms with E-state index in [0.717, 1.165) is 5.56 Å². The first kappa shape index (κ1) is 15.8. The Labute approximate surface area is 134 Å². The van der Waals surface area contributed by atoms with Gasteiger partial charge in [-0.3, -0.25) is 4.79 Å². The number of hydrogen-bond acceptors (Lipinski definition) is 4. The largest absolute Gasteiger partial charge is 0.497 e. The van der Waals surface area contributed by atoms with E-state index < -0.39 is 17.6 Å². The van der Waals surface area contributed by atoms with Crippen molar-refractivity contribution in [2.45, 2.75) is 24.6 Å². The van der Waals surface area contributed by atoms with Crippen molar-refractivity contribution in [3.05, 3.63) is 35.3 Å². The van der Waals surface area contributed by atoms with Crippen molar-refractivity contribution in [3.63, 3.8) is 0 Å². The van der Waals surface area contributed by atoms with Gasteiger partial charge >= 0.3 is 12.1 Å². The Bertz CT molecular complexity index is 721. The monoisotopic (exact) mass is 342 g/mol. The average molecular weight is 342 g/mol. The lowest BCUT2D eigenvalue weighted by Crippen LogP contribution is -2.43. The lowest BCUT2D eigenvalue weighted by atomic mass is 10.2. The number of benzene rings is 1. The van der Waals surface area contributed by atoms with Gasteiger partial charge in [0.25, 0.3) is 0 Å². The molecule has 1 aromatic heterocycles. The Hall–Kier alpha value is -2.09. The lowest BCUT2D eigenvalue weighted by Gasteiger charge is -2.16. The fourth-order valence-electron chi connectivity index (χ4n) is 2.22. The van der Waals surface area contributed by atoms with Gasteiger partial charge in [-0.05, 0) is 37.1 Å². The molecule has 23 heavy (non-hydrogen) atoms. The Morgan fingerprint density at radius 1 is 1.30 bits per heavy atom. The third-order valence-electron chi connectivity index (χ3n) is 3.69. The van der Waals surface area contributed by atoms with Gasteiger partial charge in [0.1, 0.15) is 10.8 Å². The first-order valence-corrected chi connectivity index (χ1v) is 7.72. The number of methoxy groups -OCH3 is 1. The maximum Gasteiger partial charge on any atom is 0.471 e. The van der Waals surface area contributed by atoms with Crippen molar-refractivity contribution in [3.8, 4) is 16.3 Å². The topological polar surface area (TPSA) is 51.2 Å². The van der Waals surface area contributed by atoms with Crippen LogP contribution in [0.3, 0.4) is 0 Å². The van der Waals surface area contributed by atoms with Gasteiger partial charge in [0.15, 0.2) is 0 Å². The van der Waals surface area contributed by atoms with Gasteiger partial charge in [-0.15, -0.1) is 11.3 Å². The number of thiazole rings is 1. The highest BCUT2D eigenvalue weighted by Crippen LogP contribution is 2.47. The highest BCUT2D eigenvalue weighted by atomic mass is 32.1. The normalized spacial score (nSPS) is 16.0. The van der Waals surface area contributed by atoms with Crippen LogP contribution < -0.4 is 10.1 Å². The number of alkyl halides is 3. The molecule has 1 amide bonds. The zero-order valence-corrected chi connectivity index (χ0v) is 12.9. The summed E-state index contributed by atoms with van der Waals surface area (Å²) in [5.74, 6) is -1.21. The molecular formula is C15H13F3N2O2S. The number of carbonyl (C=O) groups excluding carboxylic acids is 1. The standard InChI is InChI=1S/C15H13F3N2O2S/c1-22-10-4-2-9(3-5-10)12-19-11(8-23-12)14(6-7-14)20-13(21)15(16,17)18/h2-5,8H,6-7H2,1H3,(H,20,21). The van der Waals surface area contributed by atoms with Crippen molar-refractivity contribution < 1.29 is 22.7 Å².